The van der Waals surface area contributed by atoms with Crippen molar-refractivity contribution in [1.29, 1.82) is 0 Å². The third-order valence-electron chi connectivity index (χ3n) is 8.75. The van der Waals surface area contributed by atoms with Gasteiger partial charge in [0.2, 0.25) is 0 Å². The van der Waals surface area contributed by atoms with Gasteiger partial charge in [0.05, 0.1) is 6.61 Å². The van der Waals surface area contributed by atoms with Crippen LogP contribution in [0, 0.1) is 0 Å². The number of aliphatic hydroxyl groups excluding tert-OH is 1. The highest BCUT2D eigenvalue weighted by atomic mass is 16.6. The molecule has 0 spiro atoms. The van der Waals surface area contributed by atoms with Gasteiger partial charge in [-0.15, -0.1) is 0 Å². The lowest BCUT2D eigenvalue weighted by molar-refractivity contribution is -0.161. The van der Waals surface area contributed by atoms with Gasteiger partial charge < -0.3 is 14.6 Å². The van der Waals surface area contributed by atoms with Gasteiger partial charge in [0.15, 0.2) is 6.10 Å². The van der Waals surface area contributed by atoms with Crippen molar-refractivity contribution in [1.82, 2.24) is 0 Å². The molecule has 0 aromatic carbocycles. The summed E-state index contributed by atoms with van der Waals surface area (Å²) >= 11 is 0. The summed E-state index contributed by atoms with van der Waals surface area (Å²) in [6.45, 7) is 4.10. The number of aliphatic hydroxyl groups is 1. The molecule has 0 aliphatic heterocycles. The van der Waals surface area contributed by atoms with Crippen LogP contribution >= 0.6 is 0 Å². The van der Waals surface area contributed by atoms with Gasteiger partial charge in [-0.3, -0.25) is 9.59 Å². The van der Waals surface area contributed by atoms with E-state index in [4.69, 9.17) is 9.47 Å². The zero-order valence-electron chi connectivity index (χ0n) is 30.6. The lowest BCUT2D eigenvalue weighted by Crippen LogP contribution is -2.28. The predicted molar refractivity (Wildman–Crippen MR) is 196 cm³/mol. The van der Waals surface area contributed by atoms with Gasteiger partial charge in [0, 0.05) is 12.8 Å². The van der Waals surface area contributed by atoms with Crippen molar-refractivity contribution >= 4 is 11.9 Å². The Labute approximate surface area is 285 Å². The second-order valence-electron chi connectivity index (χ2n) is 13.4. The first-order valence-corrected chi connectivity index (χ1v) is 19.9. The number of unbranched alkanes of at least 4 members (excludes halogenated alkanes) is 24. The Morgan fingerprint density at radius 2 is 0.891 bits per heavy atom. The van der Waals surface area contributed by atoms with Crippen molar-refractivity contribution in [2.45, 2.75) is 213 Å². The van der Waals surface area contributed by atoms with Crippen LogP contribution in [0.5, 0.6) is 0 Å². The number of carbonyl (C=O) groups is 2. The summed E-state index contributed by atoms with van der Waals surface area (Å²) in [5.74, 6) is -0.599. The molecule has 1 atom stereocenters. The van der Waals surface area contributed by atoms with Crippen LogP contribution in [0.4, 0.5) is 0 Å². The Hall–Kier alpha value is -1.62. The zero-order chi connectivity index (χ0) is 33.6. The molecule has 0 aromatic rings. The minimum atomic E-state index is -0.771. The minimum absolute atomic E-state index is 0.0691. The summed E-state index contributed by atoms with van der Waals surface area (Å²) < 4.78 is 10.6. The van der Waals surface area contributed by atoms with Crippen LogP contribution in [0.1, 0.15) is 206 Å². The predicted octanol–water partition coefficient (Wildman–Crippen LogP) is 12.3. The largest absolute Gasteiger partial charge is 0.462 e. The fraction of sp³-hybridized carbons (Fsp3) is 0.854. The molecule has 270 valence electrons. The number of hydrogen-bond acceptors (Lipinski definition) is 5. The highest BCUT2D eigenvalue weighted by Crippen LogP contribution is 2.15. The molecule has 0 fully saturated rings. The molecule has 0 radical (unpaired) electrons. The maximum absolute atomic E-state index is 12.2. The molecule has 0 saturated carbocycles. The summed E-state index contributed by atoms with van der Waals surface area (Å²) in [7, 11) is 0. The van der Waals surface area contributed by atoms with Crippen molar-refractivity contribution in [2.75, 3.05) is 13.2 Å². The van der Waals surface area contributed by atoms with Gasteiger partial charge in [0.25, 0.3) is 0 Å². The van der Waals surface area contributed by atoms with E-state index in [1.165, 1.54) is 128 Å². The molecule has 0 aliphatic rings. The first-order valence-electron chi connectivity index (χ1n) is 19.9. The van der Waals surface area contributed by atoms with Crippen LogP contribution in [0.25, 0.3) is 0 Å². The van der Waals surface area contributed by atoms with Crippen LogP contribution < -0.4 is 0 Å². The smallest absolute Gasteiger partial charge is 0.306 e. The average Bonchev–Trinajstić information content (AvgIpc) is 3.06. The first-order chi connectivity index (χ1) is 22.6. The number of ether oxygens (including phenoxy) is 2. The Balaban J connectivity index is 3.53. The Kier molecular flexibility index (Phi) is 36.5. The van der Waals surface area contributed by atoms with E-state index in [-0.39, 0.29) is 25.2 Å². The molecule has 46 heavy (non-hydrogen) atoms. The summed E-state index contributed by atoms with van der Waals surface area (Å²) in [4.78, 5) is 24.2. The second-order valence-corrected chi connectivity index (χ2v) is 13.4. The van der Waals surface area contributed by atoms with Crippen LogP contribution in [0.15, 0.2) is 24.3 Å². The summed E-state index contributed by atoms with van der Waals surface area (Å²) in [5, 5.41) is 9.55. The number of esters is 2. The monoisotopic (exact) mass is 649 g/mol. The van der Waals surface area contributed by atoms with Gasteiger partial charge in [-0.1, -0.05) is 179 Å². The SMILES string of the molecule is CCCC/C=C/C/C=C/CCCCCCCC(=O)OC[C@H](CO)OC(=O)CCCCCCCCCCCCCCCCCCCC. The third-order valence-corrected chi connectivity index (χ3v) is 8.75. The molecule has 1 N–H and O–H groups in total. The van der Waals surface area contributed by atoms with E-state index in [1.54, 1.807) is 0 Å². The molecule has 0 saturated heterocycles. The number of allylic oxidation sites excluding steroid dienone is 4. The fourth-order valence-corrected chi connectivity index (χ4v) is 5.69. The van der Waals surface area contributed by atoms with Gasteiger partial charge in [-0.2, -0.15) is 0 Å². The van der Waals surface area contributed by atoms with E-state index >= 15 is 0 Å². The third kappa shape index (κ3) is 35.2. The van der Waals surface area contributed by atoms with Gasteiger partial charge in [-0.05, 0) is 38.5 Å². The van der Waals surface area contributed by atoms with E-state index in [2.05, 4.69) is 38.2 Å². The molecule has 5 heteroatoms. The van der Waals surface area contributed by atoms with Crippen LogP contribution in [-0.4, -0.2) is 36.4 Å². The van der Waals surface area contributed by atoms with Gasteiger partial charge >= 0.3 is 11.9 Å². The lowest BCUT2D eigenvalue weighted by atomic mass is 10.0. The van der Waals surface area contributed by atoms with Crippen molar-refractivity contribution in [3.05, 3.63) is 24.3 Å². The van der Waals surface area contributed by atoms with Crippen molar-refractivity contribution in [3.8, 4) is 0 Å². The molecular weight excluding hydrogens is 572 g/mol. The standard InChI is InChI=1S/C41H76O5/c1-3-5-7-9-11-13-15-17-19-20-21-22-24-26-28-30-32-34-36-41(44)46-39(37-42)38-45-40(43)35-33-31-29-27-25-23-18-16-14-12-10-8-6-4-2/h10,12,16,18,39,42H,3-9,11,13-15,17,19-38H2,1-2H3/b12-10+,18-16+/t39-/m0/s1. The molecule has 0 bridgehead atoms. The molecule has 0 amide bonds. The van der Waals surface area contributed by atoms with Gasteiger partial charge in [-0.25, -0.2) is 0 Å². The zero-order valence-corrected chi connectivity index (χ0v) is 30.6. The molecule has 0 aromatic heterocycles. The van der Waals surface area contributed by atoms with Crippen LogP contribution in [0.3, 0.4) is 0 Å². The number of carbonyl (C=O) groups excluding carboxylic acids is 2. The van der Waals surface area contributed by atoms with E-state index in [9.17, 15) is 14.7 Å². The molecule has 5 nitrogen and oxygen atoms in total. The van der Waals surface area contributed by atoms with E-state index < -0.39 is 6.10 Å². The number of hydrogen-bond donors (Lipinski definition) is 1. The van der Waals surface area contributed by atoms with E-state index in [0.717, 1.165) is 51.4 Å². The lowest BCUT2D eigenvalue weighted by Gasteiger charge is -2.15. The molecule has 0 rings (SSSR count). The minimum Gasteiger partial charge on any atom is -0.462 e. The topological polar surface area (TPSA) is 72.8 Å². The maximum atomic E-state index is 12.2. The quantitative estimate of drug-likeness (QED) is 0.0416. The highest BCUT2D eigenvalue weighted by Gasteiger charge is 2.16. The van der Waals surface area contributed by atoms with Crippen molar-refractivity contribution < 1.29 is 24.2 Å². The summed E-state index contributed by atoms with van der Waals surface area (Å²) in [6, 6.07) is 0. The van der Waals surface area contributed by atoms with Gasteiger partial charge in [0.1, 0.15) is 6.61 Å². The normalized spacial score (nSPS) is 12.3. The number of rotatable bonds is 36. The Morgan fingerprint density at radius 1 is 0.500 bits per heavy atom. The Morgan fingerprint density at radius 3 is 1.35 bits per heavy atom. The van der Waals surface area contributed by atoms with E-state index in [0.29, 0.717) is 12.8 Å². The molecule has 0 heterocycles. The fourth-order valence-electron chi connectivity index (χ4n) is 5.69. The molecule has 0 unspecified atom stereocenters. The maximum Gasteiger partial charge on any atom is 0.306 e. The second kappa shape index (κ2) is 37.8. The first kappa shape index (κ1) is 44.4. The van der Waals surface area contributed by atoms with E-state index in [1.807, 2.05) is 0 Å². The molecular formula is C41H76O5. The highest BCUT2D eigenvalue weighted by molar-refractivity contribution is 5.70. The summed E-state index contributed by atoms with van der Waals surface area (Å²) in [6.07, 6.45) is 43.8. The van der Waals surface area contributed by atoms with Crippen molar-refractivity contribution in [2.24, 2.45) is 0 Å². The average molecular weight is 649 g/mol. The van der Waals surface area contributed by atoms with Crippen LogP contribution in [-0.2, 0) is 19.1 Å². The molecule has 0 aliphatic carbocycles. The Bertz CT molecular complexity index is 701. The van der Waals surface area contributed by atoms with Crippen LogP contribution in [0.2, 0.25) is 0 Å². The summed E-state index contributed by atoms with van der Waals surface area (Å²) in [5.41, 5.74) is 0. The van der Waals surface area contributed by atoms with Crippen molar-refractivity contribution in [3.63, 3.8) is 0 Å².